The second-order valence-electron chi connectivity index (χ2n) is 12.5. The summed E-state index contributed by atoms with van der Waals surface area (Å²) in [6, 6.07) is 26.0. The molecule has 4 rings (SSSR count). The Morgan fingerprint density at radius 3 is 1.57 bits per heavy atom. The maximum absolute atomic E-state index is 16.4. The summed E-state index contributed by atoms with van der Waals surface area (Å²) < 4.78 is 37.7. The van der Waals surface area contributed by atoms with Crippen molar-refractivity contribution in [1.82, 2.24) is 0 Å². The van der Waals surface area contributed by atoms with E-state index in [2.05, 4.69) is 31.9 Å². The van der Waals surface area contributed by atoms with Gasteiger partial charge < -0.3 is 29.2 Å². The maximum Gasteiger partial charge on any atom is 0.335 e. The predicted octanol–water partition coefficient (Wildman–Crippen LogP) is 8.01. The molecule has 0 saturated heterocycles. The molecule has 0 amide bonds. The standard InChI is InChI=1S/C45H47FO8/c1-4-5-6-7-8-9-42-40(24-25-41(43(42)46)37-18-22-39(23-19-37)52-27-29-54-45(50)33(3)31-48)36-16-12-34(13-17-36)10-11-35-14-20-38(21-15-35)51-26-28-53-44(49)32(2)30-47/h12-25,47-48H,2-9,26-31H2,1H3. The lowest BCUT2D eigenvalue weighted by molar-refractivity contribution is -0.141. The van der Waals surface area contributed by atoms with Crippen LogP contribution in [-0.2, 0) is 25.5 Å². The van der Waals surface area contributed by atoms with E-state index in [9.17, 15) is 9.59 Å². The second-order valence-corrected chi connectivity index (χ2v) is 12.5. The molecule has 0 fully saturated rings. The highest BCUT2D eigenvalue weighted by Gasteiger charge is 2.16. The Balaban J connectivity index is 1.42. The first kappa shape index (κ1) is 41.1. The Kier molecular flexibility index (Phi) is 16.5. The summed E-state index contributed by atoms with van der Waals surface area (Å²) in [5.41, 5.74) is 5.27. The number of carbonyl (C=O) groups is 2. The maximum atomic E-state index is 16.4. The number of aliphatic hydroxyl groups excluding tert-OH is 2. The average Bonchev–Trinajstić information content (AvgIpc) is 3.20. The minimum atomic E-state index is -0.670. The molecular weight excluding hydrogens is 687 g/mol. The first-order valence-electron chi connectivity index (χ1n) is 18.1. The van der Waals surface area contributed by atoms with Crippen molar-refractivity contribution in [2.45, 2.75) is 45.4 Å². The quantitative estimate of drug-likeness (QED) is 0.0407. The van der Waals surface area contributed by atoms with Crippen LogP contribution in [0.2, 0.25) is 0 Å². The average molecular weight is 735 g/mol. The molecule has 0 aliphatic rings. The van der Waals surface area contributed by atoms with Gasteiger partial charge >= 0.3 is 11.9 Å². The van der Waals surface area contributed by atoms with Crippen molar-refractivity contribution in [3.63, 3.8) is 0 Å². The number of hydrogen-bond donors (Lipinski definition) is 2. The summed E-state index contributed by atoms with van der Waals surface area (Å²) in [6.07, 6.45) is 5.95. The third kappa shape index (κ3) is 12.5. The van der Waals surface area contributed by atoms with Gasteiger partial charge in [0.25, 0.3) is 0 Å². The molecular formula is C45H47FO8. The van der Waals surface area contributed by atoms with Crippen LogP contribution >= 0.6 is 0 Å². The Morgan fingerprint density at radius 2 is 1.06 bits per heavy atom. The van der Waals surface area contributed by atoms with Crippen LogP contribution in [0.3, 0.4) is 0 Å². The van der Waals surface area contributed by atoms with Gasteiger partial charge in [-0.05, 0) is 83.6 Å². The van der Waals surface area contributed by atoms with E-state index in [4.69, 9.17) is 29.2 Å². The largest absolute Gasteiger partial charge is 0.490 e. The molecule has 0 atom stereocenters. The van der Waals surface area contributed by atoms with Gasteiger partial charge in [-0.25, -0.2) is 14.0 Å². The molecule has 0 heterocycles. The first-order chi connectivity index (χ1) is 26.2. The lowest BCUT2D eigenvalue weighted by Crippen LogP contribution is -2.14. The van der Waals surface area contributed by atoms with E-state index in [0.29, 0.717) is 29.0 Å². The molecule has 0 bridgehead atoms. The van der Waals surface area contributed by atoms with Crippen LogP contribution in [0.4, 0.5) is 4.39 Å². The van der Waals surface area contributed by atoms with Crippen LogP contribution in [0.25, 0.3) is 22.3 Å². The fourth-order valence-electron chi connectivity index (χ4n) is 5.43. The van der Waals surface area contributed by atoms with Gasteiger partial charge in [0.1, 0.15) is 43.7 Å². The molecule has 0 aliphatic heterocycles. The molecule has 282 valence electrons. The summed E-state index contributed by atoms with van der Waals surface area (Å²) in [7, 11) is 0. The summed E-state index contributed by atoms with van der Waals surface area (Å²) in [6.45, 7) is 8.43. The highest BCUT2D eigenvalue weighted by molar-refractivity contribution is 5.88. The fourth-order valence-corrected chi connectivity index (χ4v) is 5.43. The summed E-state index contributed by atoms with van der Waals surface area (Å²) >= 11 is 0. The van der Waals surface area contributed by atoms with Crippen LogP contribution in [0.15, 0.2) is 109 Å². The van der Waals surface area contributed by atoms with Gasteiger partial charge in [0.2, 0.25) is 0 Å². The molecule has 0 saturated carbocycles. The van der Waals surface area contributed by atoms with Crippen molar-refractivity contribution >= 4 is 11.9 Å². The van der Waals surface area contributed by atoms with Crippen LogP contribution in [0, 0.1) is 17.7 Å². The van der Waals surface area contributed by atoms with Gasteiger partial charge in [-0.15, -0.1) is 0 Å². The zero-order valence-corrected chi connectivity index (χ0v) is 30.7. The lowest BCUT2D eigenvalue weighted by atomic mass is 9.91. The number of aliphatic hydroxyl groups is 2. The van der Waals surface area contributed by atoms with Crippen molar-refractivity contribution in [3.8, 4) is 45.6 Å². The SMILES string of the molecule is C=C(CO)C(=O)OCCOc1ccc(C#Cc2ccc(-c3ccc(-c4ccc(OCCOC(=O)C(=C)CO)cc4)c(F)c3CCCCCCC)cc2)cc1. The molecule has 54 heavy (non-hydrogen) atoms. The molecule has 0 aromatic heterocycles. The molecule has 4 aromatic rings. The predicted molar refractivity (Wildman–Crippen MR) is 208 cm³/mol. The molecule has 8 nitrogen and oxygen atoms in total. The monoisotopic (exact) mass is 734 g/mol. The zero-order chi connectivity index (χ0) is 38.7. The fraction of sp³-hybridized carbons (Fsp3) is 0.289. The highest BCUT2D eigenvalue weighted by Crippen LogP contribution is 2.34. The van der Waals surface area contributed by atoms with E-state index >= 15 is 4.39 Å². The van der Waals surface area contributed by atoms with Gasteiger partial charge in [-0.1, -0.05) is 94.0 Å². The molecule has 0 unspecified atom stereocenters. The van der Waals surface area contributed by atoms with Gasteiger partial charge in [-0.2, -0.15) is 0 Å². The summed E-state index contributed by atoms with van der Waals surface area (Å²) in [5, 5.41) is 17.9. The van der Waals surface area contributed by atoms with Gasteiger partial charge in [0.15, 0.2) is 0 Å². The number of rotatable bonds is 20. The summed E-state index contributed by atoms with van der Waals surface area (Å²) in [5.74, 6) is 5.94. The zero-order valence-electron chi connectivity index (χ0n) is 30.7. The Labute approximate surface area is 316 Å². The number of ether oxygens (including phenoxy) is 4. The number of hydrogen-bond acceptors (Lipinski definition) is 8. The third-order valence-electron chi connectivity index (χ3n) is 8.47. The van der Waals surface area contributed by atoms with E-state index < -0.39 is 25.2 Å². The minimum Gasteiger partial charge on any atom is -0.490 e. The molecule has 9 heteroatoms. The van der Waals surface area contributed by atoms with Gasteiger partial charge in [0, 0.05) is 16.7 Å². The second kappa shape index (κ2) is 21.7. The van der Waals surface area contributed by atoms with E-state index in [1.165, 1.54) is 0 Å². The normalized spacial score (nSPS) is 10.5. The van der Waals surface area contributed by atoms with Crippen molar-refractivity contribution in [2.75, 3.05) is 39.6 Å². The lowest BCUT2D eigenvalue weighted by Gasteiger charge is -2.15. The number of esters is 2. The number of unbranched alkanes of at least 4 members (excludes halogenated alkanes) is 4. The van der Waals surface area contributed by atoms with Crippen LogP contribution in [0.1, 0.15) is 55.7 Å². The summed E-state index contributed by atoms with van der Waals surface area (Å²) in [4.78, 5) is 23.2. The molecule has 2 N–H and O–H groups in total. The van der Waals surface area contributed by atoms with E-state index in [-0.39, 0.29) is 43.4 Å². The van der Waals surface area contributed by atoms with Crippen molar-refractivity contribution in [2.24, 2.45) is 0 Å². The highest BCUT2D eigenvalue weighted by atomic mass is 19.1. The van der Waals surface area contributed by atoms with Crippen LogP contribution < -0.4 is 9.47 Å². The van der Waals surface area contributed by atoms with Crippen molar-refractivity contribution in [1.29, 1.82) is 0 Å². The minimum absolute atomic E-state index is 0.00383. The molecule has 0 radical (unpaired) electrons. The third-order valence-corrected chi connectivity index (χ3v) is 8.47. The van der Waals surface area contributed by atoms with Gasteiger partial charge in [-0.3, -0.25) is 0 Å². The van der Waals surface area contributed by atoms with Crippen molar-refractivity contribution in [3.05, 3.63) is 132 Å². The number of halogens is 1. The Bertz CT molecular complexity index is 1920. The van der Waals surface area contributed by atoms with E-state index in [1.807, 2.05) is 60.7 Å². The van der Waals surface area contributed by atoms with E-state index in [0.717, 1.165) is 59.9 Å². The van der Waals surface area contributed by atoms with Gasteiger partial charge in [0.05, 0.1) is 24.4 Å². The Hall–Kier alpha value is -5.69. The topological polar surface area (TPSA) is 112 Å². The first-order valence-corrected chi connectivity index (χ1v) is 18.1. The number of benzene rings is 4. The molecule has 0 aliphatic carbocycles. The smallest absolute Gasteiger partial charge is 0.335 e. The van der Waals surface area contributed by atoms with E-state index in [1.54, 1.807) is 24.3 Å². The number of carbonyl (C=O) groups excluding carboxylic acids is 2. The molecule has 0 spiro atoms. The van der Waals surface area contributed by atoms with Crippen LogP contribution in [0.5, 0.6) is 11.5 Å². The van der Waals surface area contributed by atoms with Crippen LogP contribution in [-0.4, -0.2) is 61.8 Å². The Morgan fingerprint density at radius 1 is 0.611 bits per heavy atom. The van der Waals surface area contributed by atoms with Crippen molar-refractivity contribution < 1.29 is 43.1 Å². The molecule has 4 aromatic carbocycles.